The van der Waals surface area contributed by atoms with Gasteiger partial charge in [-0.15, -0.1) is 22.7 Å². The van der Waals surface area contributed by atoms with Gasteiger partial charge in [0.15, 0.2) is 0 Å². The fourth-order valence-corrected chi connectivity index (χ4v) is 13.1. The zero-order valence-corrected chi connectivity index (χ0v) is 33.4. The van der Waals surface area contributed by atoms with Crippen LogP contribution in [0.15, 0.2) is 96.1 Å². The molecule has 0 saturated heterocycles. The topological polar surface area (TPSA) is 86.7 Å². The van der Waals surface area contributed by atoms with E-state index < -0.39 is 34.3 Å². The molecule has 2 aromatic carbocycles. The lowest BCUT2D eigenvalue weighted by Crippen LogP contribution is -2.45. The van der Waals surface area contributed by atoms with Gasteiger partial charge >= 0.3 is 0 Å². The SMILES string of the molecule is O=C1C(=O)c2ccccc2/C1=C/c1cc2c(s1)C1=CC3C=C4C(=CC3C=C1C1(CCCCC1)O2)c1sc(/C=C2\C(=O)C(=O)c3ccccc32)cc1OC41CCCCC1. The number of carbonyl (C=O) groups excluding carboxylic acids is 4. The number of ether oxygens (including phenoxy) is 2. The van der Waals surface area contributed by atoms with Gasteiger partial charge in [-0.2, -0.15) is 0 Å². The highest BCUT2D eigenvalue weighted by molar-refractivity contribution is 7.15. The highest BCUT2D eigenvalue weighted by Gasteiger charge is 2.50. The van der Waals surface area contributed by atoms with Crippen LogP contribution < -0.4 is 9.47 Å². The standard InChI is InChI=1S/C50H38O6S2/c51-43-33-13-5-3-11-31(33)35(45(43)53)23-29-25-41-47(57-29)37-19-28-22-40-38(20-27(28)21-39(37)49(55-41)15-7-1-8-16-49)48-42(56-50(40)17-9-2-10-18-50)26-30(58-48)24-36-32-12-4-6-14-34(32)44(52)46(36)54/h3-6,11-14,19-28H,1-2,7-10,15-18H2/b35-23-,36-24-. The van der Waals surface area contributed by atoms with E-state index in [1.807, 2.05) is 36.4 Å². The summed E-state index contributed by atoms with van der Waals surface area (Å²) in [5.74, 6) is 0.184. The molecule has 8 heteroatoms. The molecule has 0 N–H and O–H groups in total. The van der Waals surface area contributed by atoms with Crippen LogP contribution in [0.25, 0.3) is 34.4 Å². The smallest absolute Gasteiger partial charge is 0.234 e. The summed E-state index contributed by atoms with van der Waals surface area (Å²) in [5.41, 5.74) is 7.40. The number of benzene rings is 2. The minimum Gasteiger partial charge on any atom is -0.481 e. The Hall–Kier alpha value is -5.44. The number of ketones is 4. The number of rotatable bonds is 2. The molecule has 0 amide bonds. The number of carbonyl (C=O) groups is 4. The van der Waals surface area contributed by atoms with Crippen LogP contribution in [0.3, 0.4) is 0 Å². The van der Waals surface area contributed by atoms with Crippen molar-refractivity contribution in [2.45, 2.75) is 75.4 Å². The first kappa shape index (κ1) is 34.6. The Kier molecular flexibility index (Phi) is 7.47. The number of thiophene rings is 2. The summed E-state index contributed by atoms with van der Waals surface area (Å²) in [6, 6.07) is 18.7. The molecule has 58 heavy (non-hydrogen) atoms. The van der Waals surface area contributed by atoms with Crippen molar-refractivity contribution in [2.24, 2.45) is 11.8 Å². The third-order valence-electron chi connectivity index (χ3n) is 13.7. The number of hydrogen-bond donors (Lipinski definition) is 0. The molecule has 286 valence electrons. The summed E-state index contributed by atoms with van der Waals surface area (Å²) in [7, 11) is 0. The monoisotopic (exact) mass is 798 g/mol. The van der Waals surface area contributed by atoms with Gasteiger partial charge in [0.05, 0.1) is 9.75 Å². The number of Topliss-reactive ketones (excluding diaryl/α,β-unsaturated/α-hetero) is 4. The second kappa shape index (κ2) is 12.5. The van der Waals surface area contributed by atoms with Crippen LogP contribution in [0, 0.1) is 11.8 Å². The first-order chi connectivity index (χ1) is 28.3. The van der Waals surface area contributed by atoms with Crippen molar-refractivity contribution in [1.29, 1.82) is 0 Å². The fourth-order valence-electron chi connectivity index (χ4n) is 11.0. The van der Waals surface area contributed by atoms with Gasteiger partial charge in [0.1, 0.15) is 22.7 Å². The molecule has 2 unspecified atom stereocenters. The maximum atomic E-state index is 13.2. The van der Waals surface area contributed by atoms with Crippen molar-refractivity contribution in [3.8, 4) is 11.5 Å². The molecular weight excluding hydrogens is 761 g/mol. The molecule has 2 aromatic heterocycles. The molecule has 6 nitrogen and oxygen atoms in total. The summed E-state index contributed by atoms with van der Waals surface area (Å²) in [6.45, 7) is 0. The maximum Gasteiger partial charge on any atom is 0.234 e. The van der Waals surface area contributed by atoms with E-state index in [4.69, 9.17) is 9.47 Å². The van der Waals surface area contributed by atoms with Crippen LogP contribution in [0.1, 0.15) is 116 Å². The predicted molar refractivity (Wildman–Crippen MR) is 228 cm³/mol. The zero-order valence-electron chi connectivity index (χ0n) is 31.7. The zero-order chi connectivity index (χ0) is 38.9. The Bertz CT molecular complexity index is 2590. The van der Waals surface area contributed by atoms with Gasteiger partial charge in [0.2, 0.25) is 23.1 Å². The molecule has 0 bridgehead atoms. The van der Waals surface area contributed by atoms with E-state index in [2.05, 4.69) is 36.4 Å². The third-order valence-corrected chi connectivity index (χ3v) is 15.9. The Balaban J connectivity index is 0.971. The van der Waals surface area contributed by atoms with Crippen molar-refractivity contribution in [3.63, 3.8) is 0 Å². The van der Waals surface area contributed by atoms with E-state index in [0.717, 1.165) is 82.4 Å². The predicted octanol–water partition coefficient (Wildman–Crippen LogP) is 11.2. The first-order valence-electron chi connectivity index (χ1n) is 20.6. The first-order valence-corrected chi connectivity index (χ1v) is 22.3. The van der Waals surface area contributed by atoms with Crippen molar-refractivity contribution in [1.82, 2.24) is 0 Å². The summed E-state index contributed by atoms with van der Waals surface area (Å²) in [5, 5.41) is 0. The van der Waals surface area contributed by atoms with Crippen LogP contribution in [0.4, 0.5) is 0 Å². The molecular formula is C50H38O6S2. The molecule has 8 aliphatic rings. The molecule has 2 fully saturated rings. The van der Waals surface area contributed by atoms with Crippen molar-refractivity contribution < 1.29 is 28.7 Å². The van der Waals surface area contributed by atoms with E-state index in [1.54, 1.807) is 46.9 Å². The van der Waals surface area contributed by atoms with Gasteiger partial charge < -0.3 is 9.47 Å². The minimum atomic E-state index is -0.453. The number of allylic oxidation sites excluding steroid dienone is 6. The quantitative estimate of drug-likeness (QED) is 0.148. The third kappa shape index (κ3) is 4.94. The number of fused-ring (bicyclic) bond motifs is 11. The summed E-state index contributed by atoms with van der Waals surface area (Å²) in [6.07, 6.45) is 24.3. The van der Waals surface area contributed by atoms with E-state index in [0.29, 0.717) is 33.4 Å². The van der Waals surface area contributed by atoms with E-state index >= 15 is 0 Å². The molecule has 2 spiro atoms. The van der Waals surface area contributed by atoms with E-state index in [1.165, 1.54) is 35.1 Å². The second-order valence-corrected chi connectivity index (χ2v) is 19.2. The summed E-state index contributed by atoms with van der Waals surface area (Å²) >= 11 is 3.27. The molecule has 0 radical (unpaired) electrons. The second-order valence-electron chi connectivity index (χ2n) is 17.0. The van der Waals surface area contributed by atoms with Crippen molar-refractivity contribution in [2.75, 3.05) is 0 Å². The Morgan fingerprint density at radius 3 is 1.31 bits per heavy atom. The minimum absolute atomic E-state index is 0.123. The summed E-state index contributed by atoms with van der Waals surface area (Å²) in [4.78, 5) is 56.1. The van der Waals surface area contributed by atoms with Crippen molar-refractivity contribution in [3.05, 3.63) is 138 Å². The molecule has 4 heterocycles. The molecule has 12 rings (SSSR count). The van der Waals surface area contributed by atoms with Gasteiger partial charge in [-0.1, -0.05) is 85.7 Å². The molecule has 2 atom stereocenters. The van der Waals surface area contributed by atoms with Crippen LogP contribution in [0.2, 0.25) is 0 Å². The molecule has 2 saturated carbocycles. The van der Waals surface area contributed by atoms with Crippen molar-refractivity contribution >= 4 is 80.3 Å². The largest absolute Gasteiger partial charge is 0.481 e. The lowest BCUT2D eigenvalue weighted by atomic mass is 9.65. The van der Waals surface area contributed by atoms with Crippen LogP contribution in [-0.4, -0.2) is 34.3 Å². The van der Waals surface area contributed by atoms with Crippen LogP contribution >= 0.6 is 22.7 Å². The Labute approximate surface area is 344 Å². The van der Waals surface area contributed by atoms with Gasteiger partial charge in [-0.3, -0.25) is 19.2 Å². The molecule has 6 aliphatic carbocycles. The van der Waals surface area contributed by atoms with Gasteiger partial charge in [-0.05, 0) is 97.9 Å². The van der Waals surface area contributed by atoms with Crippen LogP contribution in [0.5, 0.6) is 11.5 Å². The molecule has 2 aliphatic heterocycles. The van der Waals surface area contributed by atoms with Gasteiger partial charge in [0, 0.05) is 55.0 Å². The number of hydrogen-bond acceptors (Lipinski definition) is 8. The Morgan fingerprint density at radius 1 is 0.500 bits per heavy atom. The van der Waals surface area contributed by atoms with Gasteiger partial charge in [0.25, 0.3) is 0 Å². The van der Waals surface area contributed by atoms with Gasteiger partial charge in [-0.25, -0.2) is 0 Å². The molecule has 4 aromatic rings. The van der Waals surface area contributed by atoms with E-state index in [9.17, 15) is 19.2 Å². The highest BCUT2D eigenvalue weighted by Crippen LogP contribution is 2.60. The normalized spacial score (nSPS) is 25.7. The Morgan fingerprint density at radius 2 is 0.897 bits per heavy atom. The lowest BCUT2D eigenvalue weighted by Gasteiger charge is -2.48. The highest BCUT2D eigenvalue weighted by atomic mass is 32.1. The lowest BCUT2D eigenvalue weighted by molar-refractivity contribution is -0.110. The van der Waals surface area contributed by atoms with Crippen LogP contribution in [-0.2, 0) is 9.59 Å². The average Bonchev–Trinajstić information content (AvgIpc) is 3.97. The fraction of sp³-hybridized carbons (Fsp3) is 0.280. The maximum absolute atomic E-state index is 13.2. The average molecular weight is 799 g/mol. The van der Waals surface area contributed by atoms with E-state index in [-0.39, 0.29) is 11.8 Å². The summed E-state index contributed by atoms with van der Waals surface area (Å²) < 4.78 is 14.3.